The number of alkyl halides is 3. The third-order valence-electron chi connectivity index (χ3n) is 6.00. The number of aryl methyl sites for hydroxylation is 1. The number of aromatic nitrogens is 2. The second-order valence-electron chi connectivity index (χ2n) is 8.72. The zero-order chi connectivity index (χ0) is 26.8. The van der Waals surface area contributed by atoms with Crippen molar-refractivity contribution >= 4 is 40.9 Å². The molecule has 1 heterocycles. The molecule has 192 valence electrons. The number of urea groups is 1. The number of benzene rings is 2. The number of carbonyl (C=O) groups excluding carboxylic acids is 2. The number of hydrogen-bond donors (Lipinski definition) is 3. The molecule has 2 aromatic carbocycles. The van der Waals surface area contributed by atoms with Crippen LogP contribution in [0.5, 0.6) is 0 Å². The molecule has 8 nitrogen and oxygen atoms in total. The number of aliphatic carboxylic acids is 1. The molecule has 0 spiro atoms. The second kappa shape index (κ2) is 10.2. The van der Waals surface area contributed by atoms with E-state index < -0.39 is 42.2 Å². The van der Waals surface area contributed by atoms with Crippen LogP contribution in [-0.4, -0.2) is 39.0 Å². The highest BCUT2D eigenvalue weighted by molar-refractivity contribution is 6.30. The molecule has 0 aliphatic heterocycles. The molecule has 1 atom stereocenters. The van der Waals surface area contributed by atoms with Crippen LogP contribution in [0.3, 0.4) is 0 Å². The van der Waals surface area contributed by atoms with Crippen LogP contribution in [0.1, 0.15) is 35.2 Å². The Labute approximate surface area is 213 Å². The number of hydrogen-bond acceptors (Lipinski definition) is 5. The van der Waals surface area contributed by atoms with Gasteiger partial charge in [-0.2, -0.15) is 13.2 Å². The lowest BCUT2D eigenvalue weighted by Gasteiger charge is -2.36. The van der Waals surface area contributed by atoms with Gasteiger partial charge in [0.05, 0.1) is 36.3 Å². The van der Waals surface area contributed by atoms with E-state index in [2.05, 4.69) is 20.6 Å². The number of nitrogens with zero attached hydrogens (tertiary/aromatic N) is 2. The van der Waals surface area contributed by atoms with E-state index >= 15 is 0 Å². The van der Waals surface area contributed by atoms with E-state index in [1.807, 2.05) is 0 Å². The van der Waals surface area contributed by atoms with Crippen molar-refractivity contribution in [3.05, 3.63) is 71.0 Å². The summed E-state index contributed by atoms with van der Waals surface area (Å²) < 4.78 is 39.6. The van der Waals surface area contributed by atoms with Gasteiger partial charge in [-0.1, -0.05) is 29.8 Å². The number of fused-ring (bicyclic) bond motifs is 1. The Morgan fingerprint density at radius 3 is 2.51 bits per heavy atom. The molecule has 0 fully saturated rings. The smallest absolute Gasteiger partial charge is 0.390 e. The summed E-state index contributed by atoms with van der Waals surface area (Å²) in [5, 5.41) is 14.8. The molecule has 4 rings (SSSR count). The van der Waals surface area contributed by atoms with Gasteiger partial charge in [-0.05, 0) is 42.7 Å². The van der Waals surface area contributed by atoms with Crippen LogP contribution in [0.2, 0.25) is 5.02 Å². The number of Topliss-reactive ketones (excluding diaryl/α,β-unsaturated/α-hetero) is 1. The SMILES string of the molecule is O=C(O)CC1(CC(F)(F)F)CCc2cc(-c3cnc(NC(=O)Nc4cccc(Cl)c4)cn3)ccc2C1=O. The maximum atomic E-state index is 13.2. The van der Waals surface area contributed by atoms with Crippen molar-refractivity contribution in [2.24, 2.45) is 5.41 Å². The number of carboxylic acids is 1. The van der Waals surface area contributed by atoms with Crippen LogP contribution >= 0.6 is 11.6 Å². The summed E-state index contributed by atoms with van der Waals surface area (Å²) in [4.78, 5) is 44.9. The van der Waals surface area contributed by atoms with Crippen molar-refractivity contribution < 1.29 is 32.7 Å². The first-order valence-corrected chi connectivity index (χ1v) is 11.4. The Kier molecular flexibility index (Phi) is 7.17. The van der Waals surface area contributed by atoms with E-state index in [0.717, 1.165) is 0 Å². The quantitative estimate of drug-likeness (QED) is 0.359. The van der Waals surface area contributed by atoms with Gasteiger partial charge in [-0.15, -0.1) is 0 Å². The number of amides is 2. The van der Waals surface area contributed by atoms with E-state index in [4.69, 9.17) is 11.6 Å². The third-order valence-corrected chi connectivity index (χ3v) is 6.24. The molecule has 0 radical (unpaired) electrons. The number of halogens is 4. The molecule has 3 aromatic rings. The first-order chi connectivity index (χ1) is 17.4. The molecular weight excluding hydrogens is 513 g/mol. The minimum atomic E-state index is -4.68. The topological polar surface area (TPSA) is 121 Å². The summed E-state index contributed by atoms with van der Waals surface area (Å²) in [5.74, 6) is -2.11. The monoisotopic (exact) mass is 532 g/mol. The van der Waals surface area contributed by atoms with Gasteiger partial charge < -0.3 is 10.4 Å². The van der Waals surface area contributed by atoms with Crippen LogP contribution in [0.4, 0.5) is 29.5 Å². The fourth-order valence-corrected chi connectivity index (χ4v) is 4.60. The van der Waals surface area contributed by atoms with Crippen LogP contribution < -0.4 is 10.6 Å². The minimum Gasteiger partial charge on any atom is -0.481 e. The van der Waals surface area contributed by atoms with Gasteiger partial charge in [0.2, 0.25) is 0 Å². The maximum Gasteiger partial charge on any atom is 0.390 e. The molecule has 1 aliphatic rings. The lowest BCUT2D eigenvalue weighted by Crippen LogP contribution is -2.41. The van der Waals surface area contributed by atoms with E-state index in [0.29, 0.717) is 27.5 Å². The highest BCUT2D eigenvalue weighted by atomic mass is 35.5. The summed E-state index contributed by atoms with van der Waals surface area (Å²) in [6, 6.07) is 10.6. The highest BCUT2D eigenvalue weighted by Gasteiger charge is 2.50. The normalized spacial score (nSPS) is 17.1. The lowest BCUT2D eigenvalue weighted by molar-refractivity contribution is -0.160. The second-order valence-corrected chi connectivity index (χ2v) is 9.16. The van der Waals surface area contributed by atoms with Crippen molar-refractivity contribution in [3.8, 4) is 11.3 Å². The van der Waals surface area contributed by atoms with Crippen LogP contribution in [0, 0.1) is 5.41 Å². The summed E-state index contributed by atoms with van der Waals surface area (Å²) >= 11 is 5.89. The molecule has 0 saturated carbocycles. The highest BCUT2D eigenvalue weighted by Crippen LogP contribution is 2.46. The van der Waals surface area contributed by atoms with E-state index in [9.17, 15) is 32.7 Å². The van der Waals surface area contributed by atoms with Gasteiger partial charge in [-0.3, -0.25) is 19.9 Å². The molecule has 3 N–H and O–H groups in total. The predicted molar refractivity (Wildman–Crippen MR) is 130 cm³/mol. The van der Waals surface area contributed by atoms with Crippen LogP contribution in [0.25, 0.3) is 11.3 Å². The van der Waals surface area contributed by atoms with E-state index in [1.165, 1.54) is 24.5 Å². The number of anilines is 2. The van der Waals surface area contributed by atoms with Crippen molar-refractivity contribution in [1.29, 1.82) is 0 Å². The molecule has 0 bridgehead atoms. The molecule has 1 unspecified atom stereocenters. The largest absolute Gasteiger partial charge is 0.481 e. The molecule has 37 heavy (non-hydrogen) atoms. The fourth-order valence-electron chi connectivity index (χ4n) is 4.41. The number of nitrogens with one attached hydrogen (secondary N) is 2. The summed E-state index contributed by atoms with van der Waals surface area (Å²) in [6.07, 6.45) is -4.45. The molecule has 2 amide bonds. The first-order valence-electron chi connectivity index (χ1n) is 11.1. The van der Waals surface area contributed by atoms with Crippen molar-refractivity contribution in [2.45, 2.75) is 31.9 Å². The lowest BCUT2D eigenvalue weighted by atomic mass is 9.66. The number of carbonyl (C=O) groups is 3. The molecule has 1 aliphatic carbocycles. The van der Waals surface area contributed by atoms with Gasteiger partial charge in [0.15, 0.2) is 11.6 Å². The van der Waals surface area contributed by atoms with Gasteiger partial charge >= 0.3 is 18.2 Å². The van der Waals surface area contributed by atoms with E-state index in [1.54, 1.807) is 30.3 Å². The van der Waals surface area contributed by atoms with Gasteiger partial charge in [0.25, 0.3) is 0 Å². The molecule has 12 heteroatoms. The number of carboxylic acid groups (broad SMARTS) is 1. The summed E-state index contributed by atoms with van der Waals surface area (Å²) in [7, 11) is 0. The van der Waals surface area contributed by atoms with E-state index in [-0.39, 0.29) is 24.2 Å². The zero-order valence-electron chi connectivity index (χ0n) is 19.1. The van der Waals surface area contributed by atoms with Gasteiger partial charge in [0.1, 0.15) is 0 Å². The first kappa shape index (κ1) is 26.1. The van der Waals surface area contributed by atoms with Crippen LogP contribution in [0.15, 0.2) is 54.9 Å². The Bertz CT molecular complexity index is 1360. The van der Waals surface area contributed by atoms with Crippen molar-refractivity contribution in [1.82, 2.24) is 9.97 Å². The minimum absolute atomic E-state index is 0.0735. The average Bonchev–Trinajstić information content (AvgIpc) is 2.80. The Hall–Kier alpha value is -3.99. The van der Waals surface area contributed by atoms with Gasteiger partial charge in [-0.25, -0.2) is 9.78 Å². The summed E-state index contributed by atoms with van der Waals surface area (Å²) in [5.41, 5.74) is 0.0160. The Morgan fingerprint density at radius 2 is 1.86 bits per heavy atom. The molecule has 1 aromatic heterocycles. The fraction of sp³-hybridized carbons (Fsp3) is 0.240. The maximum absolute atomic E-state index is 13.2. The molecular formula is C25H20ClF3N4O4. The number of rotatable bonds is 6. The number of ketones is 1. The summed E-state index contributed by atoms with van der Waals surface area (Å²) in [6.45, 7) is 0. The molecule has 0 saturated heterocycles. The standard InChI is InChI=1S/C25H20ClF3N4O4/c26-16-2-1-3-17(9-16)32-23(37)33-20-12-30-19(11-31-20)15-4-5-18-14(8-15)6-7-24(22(18)36,10-21(34)35)13-25(27,28)29/h1-5,8-9,11-12H,6-7,10,13H2,(H,34,35)(H2,31,32,33,37). The van der Waals surface area contributed by atoms with Crippen molar-refractivity contribution in [2.75, 3.05) is 10.6 Å². The average molecular weight is 533 g/mol. The third kappa shape index (κ3) is 6.23. The Balaban J connectivity index is 1.49. The van der Waals surface area contributed by atoms with Crippen LogP contribution in [-0.2, 0) is 11.2 Å². The van der Waals surface area contributed by atoms with Crippen molar-refractivity contribution in [3.63, 3.8) is 0 Å². The zero-order valence-corrected chi connectivity index (χ0v) is 19.9. The predicted octanol–water partition coefficient (Wildman–Crippen LogP) is 5.98. The Morgan fingerprint density at radius 1 is 1.08 bits per heavy atom. The van der Waals surface area contributed by atoms with Gasteiger partial charge in [0, 0.05) is 21.8 Å².